The monoisotopic (exact) mass is 329 g/mol. The van der Waals surface area contributed by atoms with E-state index in [1.54, 1.807) is 28.4 Å². The summed E-state index contributed by atoms with van der Waals surface area (Å²) in [7, 11) is 0. The van der Waals surface area contributed by atoms with Crippen LogP contribution in [0.3, 0.4) is 0 Å². The predicted octanol–water partition coefficient (Wildman–Crippen LogP) is 3.38. The number of aromatic nitrogens is 4. The highest BCUT2D eigenvalue weighted by Crippen LogP contribution is 2.28. The van der Waals surface area contributed by atoms with Gasteiger partial charge in [0.1, 0.15) is 23.4 Å². The number of anilines is 1. The lowest BCUT2D eigenvalue weighted by atomic mass is 10.2. The van der Waals surface area contributed by atoms with Crippen LogP contribution in [0.2, 0.25) is 0 Å². The Labute approximate surface area is 138 Å². The lowest BCUT2D eigenvalue weighted by Crippen LogP contribution is -1.99. The summed E-state index contributed by atoms with van der Waals surface area (Å²) in [6.45, 7) is 2.70. The molecule has 0 aliphatic rings. The van der Waals surface area contributed by atoms with Crippen LogP contribution in [-0.4, -0.2) is 24.9 Å². The molecule has 1 aromatic carbocycles. The highest BCUT2D eigenvalue weighted by Gasteiger charge is 2.13. The van der Waals surface area contributed by atoms with Crippen LogP contribution in [0.4, 0.5) is 5.13 Å². The molecular formula is C16H19N5OS. The van der Waals surface area contributed by atoms with E-state index in [2.05, 4.69) is 27.3 Å². The van der Waals surface area contributed by atoms with Crippen molar-refractivity contribution in [3.63, 3.8) is 0 Å². The molecule has 0 fully saturated rings. The van der Waals surface area contributed by atoms with Gasteiger partial charge in [-0.05, 0) is 18.9 Å². The van der Waals surface area contributed by atoms with Gasteiger partial charge in [-0.2, -0.15) is 5.10 Å². The number of hydrogen-bond acceptors (Lipinski definition) is 6. The average Bonchev–Trinajstić information content (AvgIpc) is 3.21. The fraction of sp³-hybridized carbons (Fsp3) is 0.312. The zero-order chi connectivity index (χ0) is 16.1. The molecule has 0 spiro atoms. The van der Waals surface area contributed by atoms with Gasteiger partial charge in [-0.25, -0.2) is 14.6 Å². The third kappa shape index (κ3) is 3.68. The van der Waals surface area contributed by atoms with Crippen LogP contribution < -0.4 is 5.32 Å². The Morgan fingerprint density at radius 1 is 1.30 bits per heavy atom. The van der Waals surface area contributed by atoms with Crippen LogP contribution in [0.5, 0.6) is 5.75 Å². The third-order valence-electron chi connectivity index (χ3n) is 3.49. The normalized spacial score (nSPS) is 10.8. The second-order valence-corrected chi connectivity index (χ2v) is 6.17. The summed E-state index contributed by atoms with van der Waals surface area (Å²) in [6.07, 6.45) is 6.34. The molecule has 0 saturated carbocycles. The summed E-state index contributed by atoms with van der Waals surface area (Å²) in [5.41, 5.74) is 1.88. The van der Waals surface area contributed by atoms with E-state index >= 15 is 0 Å². The van der Waals surface area contributed by atoms with Gasteiger partial charge in [0.25, 0.3) is 0 Å². The molecule has 3 rings (SSSR count). The van der Waals surface area contributed by atoms with E-state index in [4.69, 9.17) is 0 Å². The van der Waals surface area contributed by atoms with E-state index in [0.717, 1.165) is 40.7 Å². The molecule has 6 nitrogen and oxygen atoms in total. The average molecular weight is 329 g/mol. The van der Waals surface area contributed by atoms with Crippen molar-refractivity contribution >= 4 is 16.5 Å². The molecule has 0 atom stereocenters. The zero-order valence-electron chi connectivity index (χ0n) is 12.9. The van der Waals surface area contributed by atoms with Crippen LogP contribution in [-0.2, 0) is 13.0 Å². The van der Waals surface area contributed by atoms with Crippen molar-refractivity contribution in [1.29, 1.82) is 0 Å². The molecule has 0 saturated heterocycles. The van der Waals surface area contributed by atoms with Crippen molar-refractivity contribution in [3.8, 4) is 10.8 Å². The summed E-state index contributed by atoms with van der Waals surface area (Å²) in [4.78, 5) is 8.70. The summed E-state index contributed by atoms with van der Waals surface area (Å²) >= 11 is 1.55. The maximum absolute atomic E-state index is 9.84. The molecule has 0 aliphatic carbocycles. The molecule has 2 heterocycles. The first-order valence-electron chi connectivity index (χ1n) is 7.63. The minimum Gasteiger partial charge on any atom is -0.508 e. The number of aryl methyl sites for hydroxylation is 1. The number of para-hydroxylation sites is 1. The molecule has 120 valence electrons. The molecule has 23 heavy (non-hydrogen) atoms. The number of benzene rings is 1. The van der Waals surface area contributed by atoms with Gasteiger partial charge in [0.05, 0.1) is 5.69 Å². The van der Waals surface area contributed by atoms with Crippen LogP contribution >= 0.6 is 11.3 Å². The summed E-state index contributed by atoms with van der Waals surface area (Å²) in [6, 6.07) is 7.30. The number of phenols is 1. The van der Waals surface area contributed by atoms with Crippen LogP contribution in [0, 0.1) is 0 Å². The summed E-state index contributed by atoms with van der Waals surface area (Å²) in [5.74, 6) is 0.291. The lowest BCUT2D eigenvalue weighted by molar-refractivity contribution is 0.469. The second kappa shape index (κ2) is 7.23. The van der Waals surface area contributed by atoms with Gasteiger partial charge >= 0.3 is 0 Å². The molecule has 3 aromatic rings. The van der Waals surface area contributed by atoms with E-state index in [-0.39, 0.29) is 0 Å². The number of thiazole rings is 1. The third-order valence-corrected chi connectivity index (χ3v) is 4.54. The SMILES string of the molecule is CCCCc1nc(NCc2ccccc2O)sc1-n1cncn1. The Bertz CT molecular complexity index is 754. The van der Waals surface area contributed by atoms with Gasteiger partial charge in [-0.3, -0.25) is 0 Å². The lowest BCUT2D eigenvalue weighted by Gasteiger charge is -2.04. The summed E-state index contributed by atoms with van der Waals surface area (Å²) in [5, 5.41) is 19.2. The molecular weight excluding hydrogens is 310 g/mol. The molecule has 0 unspecified atom stereocenters. The Balaban J connectivity index is 1.78. The molecule has 2 aromatic heterocycles. The van der Waals surface area contributed by atoms with Crippen molar-refractivity contribution in [3.05, 3.63) is 48.2 Å². The zero-order valence-corrected chi connectivity index (χ0v) is 13.8. The predicted molar refractivity (Wildman–Crippen MR) is 91.1 cm³/mol. The standard InChI is InChI=1S/C16H19N5OS/c1-2-3-7-13-15(21-11-17-10-19-21)23-16(20-13)18-9-12-6-4-5-8-14(12)22/h4-6,8,10-11,22H,2-3,7,9H2,1H3,(H,18,20). The van der Waals surface area contributed by atoms with Crippen molar-refractivity contribution in [2.75, 3.05) is 5.32 Å². The number of nitrogens with zero attached hydrogens (tertiary/aromatic N) is 4. The number of phenolic OH excluding ortho intramolecular Hbond substituents is 1. The van der Waals surface area contributed by atoms with Crippen molar-refractivity contribution < 1.29 is 5.11 Å². The van der Waals surface area contributed by atoms with E-state index < -0.39 is 0 Å². The molecule has 0 aliphatic heterocycles. The second-order valence-electron chi connectivity index (χ2n) is 5.20. The van der Waals surface area contributed by atoms with Gasteiger partial charge in [-0.15, -0.1) is 0 Å². The van der Waals surface area contributed by atoms with Gasteiger partial charge in [0, 0.05) is 12.1 Å². The first kappa shape index (κ1) is 15.5. The largest absolute Gasteiger partial charge is 0.508 e. The minimum absolute atomic E-state index is 0.291. The van der Waals surface area contributed by atoms with Gasteiger partial charge in [-0.1, -0.05) is 42.9 Å². The van der Waals surface area contributed by atoms with E-state index in [1.807, 2.05) is 18.2 Å². The van der Waals surface area contributed by atoms with E-state index in [9.17, 15) is 5.11 Å². The van der Waals surface area contributed by atoms with E-state index in [0.29, 0.717) is 12.3 Å². The highest BCUT2D eigenvalue weighted by atomic mass is 32.1. The van der Waals surface area contributed by atoms with Gasteiger partial charge in [0.2, 0.25) is 0 Å². The fourth-order valence-electron chi connectivity index (χ4n) is 2.25. The smallest absolute Gasteiger partial charge is 0.185 e. The topological polar surface area (TPSA) is 75.9 Å². The minimum atomic E-state index is 0.291. The first-order valence-corrected chi connectivity index (χ1v) is 8.45. The van der Waals surface area contributed by atoms with Crippen molar-refractivity contribution in [1.82, 2.24) is 19.7 Å². The molecule has 0 radical (unpaired) electrons. The highest BCUT2D eigenvalue weighted by molar-refractivity contribution is 7.18. The van der Waals surface area contributed by atoms with Gasteiger partial charge in [0.15, 0.2) is 5.13 Å². The quantitative estimate of drug-likeness (QED) is 0.695. The Morgan fingerprint density at radius 3 is 2.91 bits per heavy atom. The van der Waals surface area contributed by atoms with Gasteiger partial charge < -0.3 is 10.4 Å². The first-order chi connectivity index (χ1) is 11.3. The van der Waals surface area contributed by atoms with Crippen molar-refractivity contribution in [2.45, 2.75) is 32.7 Å². The molecule has 0 bridgehead atoms. The van der Waals surface area contributed by atoms with Crippen LogP contribution in [0.15, 0.2) is 36.9 Å². The van der Waals surface area contributed by atoms with Crippen LogP contribution in [0.25, 0.3) is 5.00 Å². The summed E-state index contributed by atoms with van der Waals surface area (Å²) < 4.78 is 1.76. The number of hydrogen-bond donors (Lipinski definition) is 2. The van der Waals surface area contributed by atoms with Crippen molar-refractivity contribution in [2.24, 2.45) is 0 Å². The number of aromatic hydroxyl groups is 1. The Kier molecular flexibility index (Phi) is 4.87. The molecule has 2 N–H and O–H groups in total. The Morgan fingerprint density at radius 2 is 2.17 bits per heavy atom. The fourth-order valence-corrected chi connectivity index (χ4v) is 3.19. The Hall–Kier alpha value is -2.41. The number of rotatable bonds is 7. The molecule has 0 amide bonds. The number of unbranched alkanes of at least 4 members (excludes halogenated alkanes) is 1. The maximum atomic E-state index is 9.84. The molecule has 7 heteroatoms. The maximum Gasteiger partial charge on any atom is 0.185 e. The van der Waals surface area contributed by atoms with E-state index in [1.165, 1.54) is 6.33 Å². The van der Waals surface area contributed by atoms with Crippen LogP contribution in [0.1, 0.15) is 31.0 Å². The number of nitrogens with one attached hydrogen (secondary N) is 1.